The normalized spacial score (nSPS) is 21.8. The van der Waals surface area contributed by atoms with E-state index < -0.39 is 5.41 Å². The number of fused-ring (bicyclic) bond motifs is 4. The van der Waals surface area contributed by atoms with Crippen LogP contribution in [0.3, 0.4) is 0 Å². The molecule has 3 aromatic rings. The van der Waals surface area contributed by atoms with Crippen LogP contribution in [0, 0.1) is 19.3 Å². The minimum absolute atomic E-state index is 0.0125. The van der Waals surface area contributed by atoms with Crippen LogP contribution in [0.4, 0.5) is 0 Å². The first-order chi connectivity index (χ1) is 18.8. The van der Waals surface area contributed by atoms with Crippen molar-refractivity contribution in [2.24, 2.45) is 5.41 Å². The maximum absolute atomic E-state index is 13.5. The summed E-state index contributed by atoms with van der Waals surface area (Å²) in [6.45, 7) is 5.45. The summed E-state index contributed by atoms with van der Waals surface area (Å²) in [6.07, 6.45) is 1.79. The number of nitrogens with one attached hydrogen (secondary N) is 2. The van der Waals surface area contributed by atoms with Gasteiger partial charge in [0.05, 0.1) is 6.61 Å². The van der Waals surface area contributed by atoms with Crippen LogP contribution in [-0.2, 0) is 22.4 Å². The van der Waals surface area contributed by atoms with E-state index in [9.17, 15) is 14.4 Å². The first-order valence-corrected chi connectivity index (χ1v) is 13.4. The first-order valence-electron chi connectivity index (χ1n) is 13.4. The van der Waals surface area contributed by atoms with Gasteiger partial charge in [-0.05, 0) is 56.0 Å². The van der Waals surface area contributed by atoms with Gasteiger partial charge in [-0.25, -0.2) is 4.79 Å². The number of aryl methyl sites for hydroxylation is 3. The third kappa shape index (κ3) is 4.77. The molecule has 39 heavy (non-hydrogen) atoms. The molecule has 4 heterocycles. The molecule has 2 N–H and O–H groups in total. The summed E-state index contributed by atoms with van der Waals surface area (Å²) in [4.78, 5) is 46.6. The maximum Gasteiger partial charge on any atom is 0.345 e. The van der Waals surface area contributed by atoms with Crippen molar-refractivity contribution >= 4 is 11.8 Å². The Hall–Kier alpha value is -4.14. The van der Waals surface area contributed by atoms with Crippen molar-refractivity contribution < 1.29 is 19.1 Å². The van der Waals surface area contributed by atoms with Gasteiger partial charge >= 0.3 is 5.69 Å². The van der Waals surface area contributed by atoms with Crippen molar-refractivity contribution in [1.29, 1.82) is 0 Å². The molecule has 0 aliphatic carbocycles. The number of carbonyl (C=O) groups is 2. The summed E-state index contributed by atoms with van der Waals surface area (Å²) in [5.74, 6) is 2.05. The second-order valence-corrected chi connectivity index (χ2v) is 10.9. The topological polar surface area (TPSA) is 114 Å². The third-order valence-corrected chi connectivity index (χ3v) is 8.34. The number of likely N-dealkylation sites (tertiary alicyclic amines) is 1. The predicted octanol–water partition coefficient (Wildman–Crippen LogP) is 3.18. The Morgan fingerprint density at radius 1 is 1.15 bits per heavy atom. The number of aromatic amines is 1. The van der Waals surface area contributed by atoms with Crippen molar-refractivity contribution in [3.8, 4) is 17.2 Å². The van der Waals surface area contributed by atoms with Crippen LogP contribution in [0.5, 0.6) is 17.2 Å². The van der Waals surface area contributed by atoms with Crippen LogP contribution in [0.15, 0.2) is 47.3 Å². The van der Waals surface area contributed by atoms with Crippen LogP contribution in [0.25, 0.3) is 0 Å². The zero-order valence-electron chi connectivity index (χ0n) is 22.2. The van der Waals surface area contributed by atoms with Gasteiger partial charge in [0.2, 0.25) is 11.8 Å². The number of nitrogens with zero attached hydrogens (tertiary/aromatic N) is 2. The van der Waals surface area contributed by atoms with Crippen molar-refractivity contribution in [2.75, 3.05) is 26.2 Å². The van der Waals surface area contributed by atoms with E-state index in [0.717, 1.165) is 22.4 Å². The van der Waals surface area contributed by atoms with E-state index in [1.165, 1.54) is 0 Å². The monoisotopic (exact) mass is 528 g/mol. The number of H-pyrrole nitrogens is 1. The molecule has 1 spiro atoms. The molecule has 0 radical (unpaired) electrons. The number of benzene rings is 2. The Balaban J connectivity index is 1.30. The molecule has 1 saturated heterocycles. The lowest BCUT2D eigenvalue weighted by Crippen LogP contribution is -2.48. The molecule has 0 unspecified atom stereocenters. The Labute approximate surface area is 226 Å². The molecule has 202 valence electrons. The summed E-state index contributed by atoms with van der Waals surface area (Å²) in [7, 11) is 0. The lowest BCUT2D eigenvalue weighted by atomic mass is 9.73. The van der Waals surface area contributed by atoms with Crippen molar-refractivity contribution in [2.45, 2.75) is 45.4 Å². The summed E-state index contributed by atoms with van der Waals surface area (Å²) < 4.78 is 12.6. The average Bonchev–Trinajstić information content (AvgIpc) is 3.31. The van der Waals surface area contributed by atoms with Crippen LogP contribution in [-0.4, -0.2) is 52.9 Å². The summed E-state index contributed by atoms with van der Waals surface area (Å²) >= 11 is 0. The van der Waals surface area contributed by atoms with E-state index in [4.69, 9.17) is 9.47 Å². The Bertz CT molecular complexity index is 1490. The summed E-state index contributed by atoms with van der Waals surface area (Å²) in [5.41, 5.74) is 3.49. The molecule has 1 fully saturated rings. The molecular weight excluding hydrogens is 496 g/mol. The second kappa shape index (κ2) is 9.87. The maximum atomic E-state index is 13.5. The highest BCUT2D eigenvalue weighted by atomic mass is 16.5. The van der Waals surface area contributed by atoms with Gasteiger partial charge < -0.3 is 24.7 Å². The van der Waals surface area contributed by atoms with Gasteiger partial charge in [-0.1, -0.05) is 24.3 Å². The number of aromatic nitrogens is 2. The molecular formula is C30H32N4O5. The fourth-order valence-electron chi connectivity index (χ4n) is 6.25. The lowest BCUT2D eigenvalue weighted by molar-refractivity contribution is -0.130. The van der Waals surface area contributed by atoms with Crippen molar-refractivity contribution in [3.63, 3.8) is 0 Å². The smallest absolute Gasteiger partial charge is 0.345 e. The first kappa shape index (κ1) is 25.2. The molecule has 9 nitrogen and oxygen atoms in total. The van der Waals surface area contributed by atoms with Gasteiger partial charge in [0.25, 0.3) is 0 Å². The minimum Gasteiger partial charge on any atom is -0.489 e. The molecule has 0 saturated carbocycles. The molecule has 2 aromatic carbocycles. The number of rotatable bonds is 3. The standard InChI is InChI=1S/C30H32N4O5/c1-18-22(19(2)33-29(37)32-18)10-12-27(36)34-14-24-23-7-4-8-25-28(23)38-17-30(24,16-34)15-31-26(35)11-9-20-5-3-6-21(13-20)39-25/h3-8,13,24H,9-12,14-17H2,1-2H3,(H,31,35)(H,32,33,37)/t24-,30+/m1/s1. The highest BCUT2D eigenvalue weighted by Crippen LogP contribution is 2.52. The predicted molar refractivity (Wildman–Crippen MR) is 144 cm³/mol. The average molecular weight is 529 g/mol. The third-order valence-electron chi connectivity index (χ3n) is 8.34. The minimum atomic E-state index is -0.444. The van der Waals surface area contributed by atoms with Gasteiger partial charge in [-0.15, -0.1) is 0 Å². The van der Waals surface area contributed by atoms with E-state index >= 15 is 0 Å². The molecule has 3 aliphatic heterocycles. The number of carbonyl (C=O) groups excluding carboxylic acids is 2. The van der Waals surface area contributed by atoms with E-state index in [-0.39, 0.29) is 23.4 Å². The van der Waals surface area contributed by atoms with E-state index in [1.807, 2.05) is 54.3 Å². The van der Waals surface area contributed by atoms with Gasteiger partial charge in [0.15, 0.2) is 11.5 Å². The number of ether oxygens (including phenoxy) is 2. The zero-order valence-corrected chi connectivity index (χ0v) is 22.2. The SMILES string of the molecule is Cc1nc(=O)[nH]c(C)c1CCC(=O)N1C[C@@H]2c3cccc4c3OC[C@]2(CNC(=O)CCc2cccc(c2)O4)C1. The summed E-state index contributed by atoms with van der Waals surface area (Å²) in [6, 6.07) is 13.7. The Morgan fingerprint density at radius 2 is 2.00 bits per heavy atom. The van der Waals surface area contributed by atoms with Crippen LogP contribution in [0.1, 0.15) is 46.8 Å². The largest absolute Gasteiger partial charge is 0.489 e. The van der Waals surface area contributed by atoms with E-state index in [1.54, 1.807) is 6.92 Å². The highest BCUT2D eigenvalue weighted by molar-refractivity contribution is 5.78. The molecule has 1 aromatic heterocycles. The second-order valence-electron chi connectivity index (χ2n) is 10.9. The van der Waals surface area contributed by atoms with E-state index in [0.29, 0.717) is 74.9 Å². The fourth-order valence-corrected chi connectivity index (χ4v) is 6.25. The Morgan fingerprint density at radius 3 is 2.85 bits per heavy atom. The molecule has 6 rings (SSSR count). The van der Waals surface area contributed by atoms with Gasteiger partial charge in [0, 0.05) is 60.8 Å². The number of hydrogen-bond donors (Lipinski definition) is 2. The van der Waals surface area contributed by atoms with Crippen LogP contribution in [0.2, 0.25) is 0 Å². The molecule has 9 heteroatoms. The molecule has 2 atom stereocenters. The van der Waals surface area contributed by atoms with Crippen molar-refractivity contribution in [3.05, 3.63) is 81.0 Å². The molecule has 2 amide bonds. The lowest BCUT2D eigenvalue weighted by Gasteiger charge is -2.39. The van der Waals surface area contributed by atoms with Crippen LogP contribution >= 0.6 is 0 Å². The van der Waals surface area contributed by atoms with Gasteiger partial charge in [-0.2, -0.15) is 4.98 Å². The van der Waals surface area contributed by atoms with Crippen molar-refractivity contribution in [1.82, 2.24) is 20.2 Å². The number of amides is 2. The van der Waals surface area contributed by atoms with E-state index in [2.05, 4.69) is 15.3 Å². The molecule has 3 aliphatic rings. The zero-order chi connectivity index (χ0) is 27.1. The number of hydrogen-bond acceptors (Lipinski definition) is 6. The highest BCUT2D eigenvalue weighted by Gasteiger charge is 2.53. The summed E-state index contributed by atoms with van der Waals surface area (Å²) in [5, 5.41) is 3.15. The van der Waals surface area contributed by atoms with Gasteiger partial charge in [-0.3, -0.25) is 9.59 Å². The van der Waals surface area contributed by atoms with Crippen LogP contribution < -0.4 is 20.5 Å². The molecule has 4 bridgehead atoms. The van der Waals surface area contributed by atoms with Gasteiger partial charge in [0.1, 0.15) is 5.75 Å². The fraction of sp³-hybridized carbons (Fsp3) is 0.400. The Kier molecular flexibility index (Phi) is 6.37. The number of para-hydroxylation sites is 1. The quantitative estimate of drug-likeness (QED) is 0.540.